The van der Waals surface area contributed by atoms with Crippen molar-refractivity contribution in [1.82, 2.24) is 15.5 Å². The Balaban J connectivity index is 1.45. The van der Waals surface area contributed by atoms with Crippen LogP contribution in [0, 0.1) is 5.82 Å². The molecule has 2 heterocycles. The van der Waals surface area contributed by atoms with Gasteiger partial charge in [-0.2, -0.15) is 5.10 Å². The zero-order valence-corrected chi connectivity index (χ0v) is 18.9. The van der Waals surface area contributed by atoms with E-state index in [0.717, 1.165) is 36.5 Å². The van der Waals surface area contributed by atoms with Gasteiger partial charge in [-0.1, -0.05) is 0 Å². The number of piperidine rings is 1. The molecule has 0 bridgehead atoms. The standard InChI is InChI=1S/C24H27FN4O4/c1-31-20-11-16(12-21(32-2)23(20)33-3)24(30)26-18-5-4-10-29(14-18)22-13-19(27-28-22)15-6-8-17(25)9-7-15/h6-9,11-13,18H,4-5,10,14H2,1-3H3,(H,26,30)(H,27,28)/t18-/m1/s1. The number of methoxy groups -OCH3 is 3. The highest BCUT2D eigenvalue weighted by Crippen LogP contribution is 2.38. The average Bonchev–Trinajstić information content (AvgIpc) is 3.34. The fraction of sp³-hybridized carbons (Fsp3) is 0.333. The summed E-state index contributed by atoms with van der Waals surface area (Å²) in [5, 5.41) is 10.5. The molecule has 1 amide bonds. The Morgan fingerprint density at radius 1 is 1.09 bits per heavy atom. The maximum atomic E-state index is 13.2. The molecule has 1 aromatic heterocycles. The third-order valence-corrected chi connectivity index (χ3v) is 5.73. The van der Waals surface area contributed by atoms with Gasteiger partial charge in [0.2, 0.25) is 5.75 Å². The van der Waals surface area contributed by atoms with E-state index >= 15 is 0 Å². The molecular formula is C24H27FN4O4. The van der Waals surface area contributed by atoms with Crippen molar-refractivity contribution in [3.8, 4) is 28.5 Å². The lowest BCUT2D eigenvalue weighted by atomic mass is 10.0. The molecule has 2 N–H and O–H groups in total. The zero-order chi connectivity index (χ0) is 23.4. The van der Waals surface area contributed by atoms with Gasteiger partial charge in [-0.3, -0.25) is 9.89 Å². The van der Waals surface area contributed by atoms with Crippen molar-refractivity contribution < 1.29 is 23.4 Å². The summed E-state index contributed by atoms with van der Waals surface area (Å²) in [6.07, 6.45) is 1.78. The van der Waals surface area contributed by atoms with E-state index in [9.17, 15) is 9.18 Å². The highest BCUT2D eigenvalue weighted by atomic mass is 19.1. The van der Waals surface area contributed by atoms with Crippen LogP contribution in [0.4, 0.5) is 10.2 Å². The Morgan fingerprint density at radius 2 is 1.79 bits per heavy atom. The van der Waals surface area contributed by atoms with E-state index in [1.165, 1.54) is 33.5 Å². The molecule has 0 saturated carbocycles. The predicted octanol–water partition coefficient (Wildman–Crippen LogP) is 3.64. The number of halogens is 1. The number of carbonyl (C=O) groups excluding carboxylic acids is 1. The fourth-order valence-corrected chi connectivity index (χ4v) is 4.03. The van der Waals surface area contributed by atoms with Gasteiger partial charge in [0.25, 0.3) is 5.91 Å². The van der Waals surface area contributed by atoms with Crippen molar-refractivity contribution in [1.29, 1.82) is 0 Å². The summed E-state index contributed by atoms with van der Waals surface area (Å²) in [5.41, 5.74) is 2.10. The van der Waals surface area contributed by atoms with Crippen LogP contribution in [-0.4, -0.2) is 56.6 Å². The molecule has 1 fully saturated rings. The predicted molar refractivity (Wildman–Crippen MR) is 123 cm³/mol. The number of ether oxygens (including phenoxy) is 3. The van der Waals surface area contributed by atoms with Gasteiger partial charge in [-0.25, -0.2) is 4.39 Å². The molecule has 0 spiro atoms. The number of amides is 1. The lowest BCUT2D eigenvalue weighted by Gasteiger charge is -2.33. The van der Waals surface area contributed by atoms with Gasteiger partial charge in [0, 0.05) is 30.8 Å². The van der Waals surface area contributed by atoms with Crippen molar-refractivity contribution in [2.75, 3.05) is 39.3 Å². The van der Waals surface area contributed by atoms with Gasteiger partial charge in [0.15, 0.2) is 17.3 Å². The van der Waals surface area contributed by atoms with Crippen LogP contribution in [0.1, 0.15) is 23.2 Å². The van der Waals surface area contributed by atoms with Crippen molar-refractivity contribution >= 4 is 11.7 Å². The number of benzene rings is 2. The number of hydrogen-bond donors (Lipinski definition) is 2. The number of H-pyrrole nitrogens is 1. The molecule has 8 nitrogen and oxygen atoms in total. The van der Waals surface area contributed by atoms with Crippen LogP contribution in [0.5, 0.6) is 17.2 Å². The van der Waals surface area contributed by atoms with Crippen LogP contribution in [0.15, 0.2) is 42.5 Å². The Kier molecular flexibility index (Phi) is 6.67. The molecule has 0 aliphatic carbocycles. The van der Waals surface area contributed by atoms with E-state index in [2.05, 4.69) is 20.4 Å². The minimum Gasteiger partial charge on any atom is -0.493 e. The highest BCUT2D eigenvalue weighted by Gasteiger charge is 2.25. The lowest BCUT2D eigenvalue weighted by molar-refractivity contribution is 0.0932. The monoisotopic (exact) mass is 454 g/mol. The lowest BCUT2D eigenvalue weighted by Crippen LogP contribution is -2.48. The van der Waals surface area contributed by atoms with Crippen molar-refractivity contribution in [2.24, 2.45) is 0 Å². The second-order valence-corrected chi connectivity index (χ2v) is 7.82. The molecule has 33 heavy (non-hydrogen) atoms. The second-order valence-electron chi connectivity index (χ2n) is 7.82. The summed E-state index contributed by atoms with van der Waals surface area (Å²) in [4.78, 5) is 15.1. The van der Waals surface area contributed by atoms with Crippen molar-refractivity contribution in [3.63, 3.8) is 0 Å². The van der Waals surface area contributed by atoms with E-state index in [-0.39, 0.29) is 17.8 Å². The van der Waals surface area contributed by atoms with Crippen LogP contribution in [0.25, 0.3) is 11.3 Å². The Morgan fingerprint density at radius 3 is 2.42 bits per heavy atom. The van der Waals surface area contributed by atoms with E-state index in [4.69, 9.17) is 14.2 Å². The molecule has 3 aromatic rings. The third-order valence-electron chi connectivity index (χ3n) is 5.73. The van der Waals surface area contributed by atoms with Crippen LogP contribution in [0.3, 0.4) is 0 Å². The first-order valence-electron chi connectivity index (χ1n) is 10.7. The number of carbonyl (C=O) groups is 1. The number of nitrogens with zero attached hydrogens (tertiary/aromatic N) is 2. The minimum atomic E-state index is -0.278. The van der Waals surface area contributed by atoms with Crippen molar-refractivity contribution in [3.05, 3.63) is 53.8 Å². The smallest absolute Gasteiger partial charge is 0.251 e. The summed E-state index contributed by atoms with van der Waals surface area (Å²) in [5.74, 6) is 1.60. The number of anilines is 1. The number of aromatic amines is 1. The first-order chi connectivity index (χ1) is 16.0. The van der Waals surface area contributed by atoms with Gasteiger partial charge < -0.3 is 24.4 Å². The van der Waals surface area contributed by atoms with Gasteiger partial charge in [-0.15, -0.1) is 0 Å². The average molecular weight is 455 g/mol. The van der Waals surface area contributed by atoms with E-state index in [0.29, 0.717) is 29.4 Å². The summed E-state index contributed by atoms with van der Waals surface area (Å²) >= 11 is 0. The third kappa shape index (κ3) is 4.87. The second kappa shape index (κ2) is 9.81. The molecule has 0 unspecified atom stereocenters. The van der Waals surface area contributed by atoms with Gasteiger partial charge in [-0.05, 0) is 54.8 Å². The van der Waals surface area contributed by atoms with E-state index < -0.39 is 0 Å². The number of aromatic nitrogens is 2. The Labute approximate surface area is 191 Å². The first kappa shape index (κ1) is 22.4. The topological polar surface area (TPSA) is 88.7 Å². The van der Waals surface area contributed by atoms with Gasteiger partial charge in [0.1, 0.15) is 5.82 Å². The number of nitrogens with one attached hydrogen (secondary N) is 2. The Bertz CT molecular complexity index is 1090. The molecule has 1 atom stereocenters. The summed E-state index contributed by atoms with van der Waals surface area (Å²) in [6.45, 7) is 1.47. The molecule has 0 radical (unpaired) electrons. The number of hydrogen-bond acceptors (Lipinski definition) is 6. The fourth-order valence-electron chi connectivity index (χ4n) is 4.03. The van der Waals surface area contributed by atoms with Crippen LogP contribution in [0.2, 0.25) is 0 Å². The normalized spacial score (nSPS) is 15.8. The zero-order valence-electron chi connectivity index (χ0n) is 18.9. The van der Waals surface area contributed by atoms with Crippen LogP contribution < -0.4 is 24.4 Å². The quantitative estimate of drug-likeness (QED) is 0.567. The first-order valence-corrected chi connectivity index (χ1v) is 10.7. The summed E-state index contributed by atoms with van der Waals surface area (Å²) < 4.78 is 29.2. The molecule has 1 aliphatic rings. The van der Waals surface area contributed by atoms with Gasteiger partial charge >= 0.3 is 0 Å². The molecule has 1 aliphatic heterocycles. The molecule has 9 heteroatoms. The molecular weight excluding hydrogens is 427 g/mol. The maximum absolute atomic E-state index is 13.2. The minimum absolute atomic E-state index is 0.0451. The SMILES string of the molecule is COc1cc(C(=O)N[C@@H]2CCCN(c3cc(-c4ccc(F)cc4)[nH]n3)C2)cc(OC)c1OC. The summed E-state index contributed by atoms with van der Waals surface area (Å²) in [6, 6.07) is 11.4. The molecule has 174 valence electrons. The molecule has 1 saturated heterocycles. The Hall–Kier alpha value is -3.75. The van der Waals surface area contributed by atoms with Crippen LogP contribution in [-0.2, 0) is 0 Å². The van der Waals surface area contributed by atoms with Crippen LogP contribution >= 0.6 is 0 Å². The number of rotatable bonds is 7. The molecule has 2 aromatic carbocycles. The molecule has 4 rings (SSSR count). The highest BCUT2D eigenvalue weighted by molar-refractivity contribution is 5.96. The maximum Gasteiger partial charge on any atom is 0.251 e. The summed E-state index contributed by atoms with van der Waals surface area (Å²) in [7, 11) is 4.55. The van der Waals surface area contributed by atoms with Gasteiger partial charge in [0.05, 0.1) is 27.0 Å². The largest absolute Gasteiger partial charge is 0.493 e. The van der Waals surface area contributed by atoms with E-state index in [1.807, 2.05) is 6.07 Å². The van der Waals surface area contributed by atoms with Crippen molar-refractivity contribution in [2.45, 2.75) is 18.9 Å². The van der Waals surface area contributed by atoms with E-state index in [1.54, 1.807) is 24.3 Å².